The van der Waals surface area contributed by atoms with E-state index in [-0.39, 0.29) is 18.4 Å². The first-order valence-electron chi connectivity index (χ1n) is 7.97. The van der Waals surface area contributed by atoms with Crippen LogP contribution in [-0.4, -0.2) is 29.8 Å². The smallest absolute Gasteiger partial charge is 0.242 e. The molecule has 0 aliphatic rings. The highest BCUT2D eigenvalue weighted by Crippen LogP contribution is 2.29. The molecule has 25 heavy (non-hydrogen) atoms. The zero-order valence-corrected chi connectivity index (χ0v) is 15.7. The molecule has 0 radical (unpaired) electrons. The Morgan fingerprint density at radius 3 is 2.32 bits per heavy atom. The minimum absolute atomic E-state index is 0.0872. The summed E-state index contributed by atoms with van der Waals surface area (Å²) in [4.78, 5) is 27.8. The number of likely N-dealkylation sites (N-methyl/N-ethyl adjacent to an activating group) is 1. The highest BCUT2D eigenvalue weighted by atomic mass is 35.5. The summed E-state index contributed by atoms with van der Waals surface area (Å²) in [6.07, 6.45) is 0. The Morgan fingerprint density at radius 1 is 1.04 bits per heavy atom. The van der Waals surface area contributed by atoms with Gasteiger partial charge in [0.05, 0.1) is 10.7 Å². The van der Waals surface area contributed by atoms with Gasteiger partial charge in [-0.2, -0.15) is 0 Å². The molecular weight excluding hydrogens is 359 g/mol. The van der Waals surface area contributed by atoms with Gasteiger partial charge < -0.3 is 9.80 Å². The third-order valence-electron chi connectivity index (χ3n) is 3.82. The molecule has 6 heteroatoms. The predicted molar refractivity (Wildman–Crippen MR) is 102 cm³/mol. The second kappa shape index (κ2) is 8.88. The number of rotatable bonds is 6. The quantitative estimate of drug-likeness (QED) is 0.747. The first-order valence-corrected chi connectivity index (χ1v) is 8.72. The molecule has 0 N–H and O–H groups in total. The van der Waals surface area contributed by atoms with Crippen LogP contribution in [0.5, 0.6) is 0 Å². The van der Waals surface area contributed by atoms with Crippen LogP contribution in [0.3, 0.4) is 0 Å². The fourth-order valence-corrected chi connectivity index (χ4v) is 2.86. The number of halogens is 2. The van der Waals surface area contributed by atoms with Crippen molar-refractivity contribution in [3.63, 3.8) is 0 Å². The van der Waals surface area contributed by atoms with Crippen molar-refractivity contribution in [2.45, 2.75) is 20.4 Å². The van der Waals surface area contributed by atoms with Crippen molar-refractivity contribution < 1.29 is 9.59 Å². The zero-order chi connectivity index (χ0) is 18.4. The Kier molecular flexibility index (Phi) is 6.85. The highest BCUT2D eigenvalue weighted by molar-refractivity contribution is 6.35. The third kappa shape index (κ3) is 5.21. The molecule has 2 aromatic carbocycles. The summed E-state index contributed by atoms with van der Waals surface area (Å²) < 4.78 is 0. The number of anilines is 1. The van der Waals surface area contributed by atoms with Crippen molar-refractivity contribution in [2.24, 2.45) is 0 Å². The topological polar surface area (TPSA) is 40.6 Å². The number of hydrogen-bond donors (Lipinski definition) is 0. The van der Waals surface area contributed by atoms with Crippen molar-refractivity contribution >= 4 is 40.7 Å². The van der Waals surface area contributed by atoms with Crippen LogP contribution in [0.25, 0.3) is 0 Å². The second-order valence-corrected chi connectivity index (χ2v) is 6.44. The van der Waals surface area contributed by atoms with Crippen LogP contribution in [0, 0.1) is 0 Å². The van der Waals surface area contributed by atoms with Crippen LogP contribution >= 0.6 is 23.2 Å². The van der Waals surface area contributed by atoms with E-state index >= 15 is 0 Å². The van der Waals surface area contributed by atoms with E-state index in [1.165, 1.54) is 11.8 Å². The van der Waals surface area contributed by atoms with Gasteiger partial charge in [0, 0.05) is 25.0 Å². The van der Waals surface area contributed by atoms with E-state index < -0.39 is 0 Å². The molecule has 0 saturated heterocycles. The molecule has 0 aromatic heterocycles. The molecule has 2 aromatic rings. The van der Waals surface area contributed by atoms with Crippen molar-refractivity contribution in [1.82, 2.24) is 4.90 Å². The summed E-state index contributed by atoms with van der Waals surface area (Å²) in [5, 5.41) is 0.827. The van der Waals surface area contributed by atoms with Gasteiger partial charge in [-0.15, -0.1) is 0 Å². The zero-order valence-electron chi connectivity index (χ0n) is 14.2. The van der Waals surface area contributed by atoms with Gasteiger partial charge in [0.1, 0.15) is 6.54 Å². The fraction of sp³-hybridized carbons (Fsp3) is 0.263. The largest absolute Gasteiger partial charge is 0.337 e. The number of nitrogens with zero attached hydrogens (tertiary/aromatic N) is 2. The number of carbonyl (C=O) groups excluding carboxylic acids is 2. The Morgan fingerprint density at radius 2 is 1.72 bits per heavy atom. The van der Waals surface area contributed by atoms with Gasteiger partial charge in [-0.1, -0.05) is 53.5 Å². The number of benzene rings is 2. The van der Waals surface area contributed by atoms with E-state index in [9.17, 15) is 9.59 Å². The average Bonchev–Trinajstić information content (AvgIpc) is 2.60. The third-order valence-corrected chi connectivity index (χ3v) is 4.38. The lowest BCUT2D eigenvalue weighted by atomic mass is 10.2. The molecular formula is C19H20Cl2N2O2. The normalized spacial score (nSPS) is 10.4. The molecule has 0 bridgehead atoms. The van der Waals surface area contributed by atoms with Gasteiger partial charge in [0.25, 0.3) is 0 Å². The van der Waals surface area contributed by atoms with E-state index in [2.05, 4.69) is 0 Å². The first-order chi connectivity index (χ1) is 11.9. The maximum absolute atomic E-state index is 12.7. The van der Waals surface area contributed by atoms with Crippen molar-refractivity contribution in [3.8, 4) is 0 Å². The molecule has 0 fully saturated rings. The van der Waals surface area contributed by atoms with Gasteiger partial charge >= 0.3 is 0 Å². The molecule has 0 unspecified atom stereocenters. The molecule has 2 amide bonds. The van der Waals surface area contributed by atoms with Crippen molar-refractivity contribution in [1.29, 1.82) is 0 Å². The molecule has 132 valence electrons. The number of hydrogen-bond acceptors (Lipinski definition) is 2. The van der Waals surface area contributed by atoms with Gasteiger partial charge in [-0.3, -0.25) is 9.59 Å². The summed E-state index contributed by atoms with van der Waals surface area (Å²) >= 11 is 12.2. The highest BCUT2D eigenvalue weighted by Gasteiger charge is 2.22. The van der Waals surface area contributed by atoms with Crippen LogP contribution in [-0.2, 0) is 16.1 Å². The maximum Gasteiger partial charge on any atom is 0.242 e. The van der Waals surface area contributed by atoms with E-state index in [0.29, 0.717) is 28.8 Å². The van der Waals surface area contributed by atoms with Gasteiger partial charge in [-0.25, -0.2) is 0 Å². The van der Waals surface area contributed by atoms with E-state index in [1.54, 1.807) is 23.1 Å². The number of amides is 2. The van der Waals surface area contributed by atoms with Crippen LogP contribution in [0.1, 0.15) is 19.4 Å². The van der Waals surface area contributed by atoms with Crippen LogP contribution < -0.4 is 4.90 Å². The van der Waals surface area contributed by atoms with Gasteiger partial charge in [0.2, 0.25) is 11.8 Å². The summed E-state index contributed by atoms with van der Waals surface area (Å²) in [6, 6.07) is 14.6. The minimum atomic E-state index is -0.270. The van der Waals surface area contributed by atoms with Crippen LogP contribution in [0.15, 0.2) is 48.5 Å². The SMILES string of the molecule is CCN(Cc1ccccc1)C(=O)CN(C(C)=O)c1cc(Cl)ccc1Cl. The molecule has 0 aliphatic heterocycles. The summed E-state index contributed by atoms with van der Waals surface area (Å²) in [5.41, 5.74) is 1.47. The van der Waals surface area contributed by atoms with E-state index in [1.807, 2.05) is 37.3 Å². The van der Waals surface area contributed by atoms with Crippen molar-refractivity contribution in [3.05, 3.63) is 64.1 Å². The monoisotopic (exact) mass is 378 g/mol. The Balaban J connectivity index is 2.19. The summed E-state index contributed by atoms with van der Waals surface area (Å²) in [5.74, 6) is -0.425. The lowest BCUT2D eigenvalue weighted by Gasteiger charge is -2.27. The van der Waals surface area contributed by atoms with Gasteiger partial charge in [0.15, 0.2) is 0 Å². The first kappa shape index (κ1) is 19.3. The lowest BCUT2D eigenvalue weighted by molar-refractivity contribution is -0.131. The van der Waals surface area contributed by atoms with E-state index in [0.717, 1.165) is 5.56 Å². The molecule has 0 spiro atoms. The maximum atomic E-state index is 12.7. The van der Waals surface area contributed by atoms with Crippen molar-refractivity contribution in [2.75, 3.05) is 18.0 Å². The average molecular weight is 379 g/mol. The second-order valence-electron chi connectivity index (χ2n) is 5.59. The summed E-state index contributed by atoms with van der Waals surface area (Å²) in [6.45, 7) is 4.26. The molecule has 0 saturated carbocycles. The molecule has 4 nitrogen and oxygen atoms in total. The van der Waals surface area contributed by atoms with E-state index in [4.69, 9.17) is 23.2 Å². The molecule has 0 aliphatic carbocycles. The molecule has 2 rings (SSSR count). The van der Waals surface area contributed by atoms with Gasteiger partial charge in [-0.05, 0) is 30.7 Å². The Bertz CT molecular complexity index is 750. The number of carbonyl (C=O) groups is 2. The Labute approximate surface area is 157 Å². The van der Waals surface area contributed by atoms with Crippen LogP contribution in [0.2, 0.25) is 10.0 Å². The molecule has 0 heterocycles. The minimum Gasteiger partial charge on any atom is -0.337 e. The predicted octanol–water partition coefficient (Wildman–Crippen LogP) is 4.40. The standard InChI is InChI=1S/C19H20Cl2N2O2/c1-3-22(12-15-7-5-4-6-8-15)19(25)13-23(14(2)24)18-11-16(20)9-10-17(18)21/h4-11H,3,12-13H2,1-2H3. The lowest BCUT2D eigenvalue weighted by Crippen LogP contribution is -2.42. The fourth-order valence-electron chi connectivity index (χ4n) is 2.47. The summed E-state index contributed by atoms with van der Waals surface area (Å²) in [7, 11) is 0. The Hall–Kier alpha value is -2.04. The molecule has 0 atom stereocenters. The van der Waals surface area contributed by atoms with Crippen LogP contribution in [0.4, 0.5) is 5.69 Å².